The first-order chi connectivity index (χ1) is 14.0. The van der Waals surface area contributed by atoms with E-state index in [1.807, 2.05) is 0 Å². The van der Waals surface area contributed by atoms with Gasteiger partial charge in [0.05, 0.1) is 18.4 Å². The number of ether oxygens (including phenoxy) is 1. The Morgan fingerprint density at radius 3 is 2.59 bits per heavy atom. The third kappa shape index (κ3) is 5.23. The van der Waals surface area contributed by atoms with Crippen LogP contribution in [0.2, 0.25) is 0 Å². The van der Waals surface area contributed by atoms with Crippen LogP contribution in [-0.2, 0) is 16.0 Å². The summed E-state index contributed by atoms with van der Waals surface area (Å²) in [7, 11) is 1.56. The minimum Gasteiger partial charge on any atom is -0.497 e. The average molecular weight is 414 g/mol. The fourth-order valence-electron chi connectivity index (χ4n) is 2.73. The molecule has 1 aliphatic rings. The van der Waals surface area contributed by atoms with Gasteiger partial charge in [-0.3, -0.25) is 19.3 Å². The number of halogens is 1. The van der Waals surface area contributed by atoms with E-state index in [2.05, 4.69) is 5.32 Å². The summed E-state index contributed by atoms with van der Waals surface area (Å²) in [5.41, 5.74) is 1.06. The third-order valence-corrected chi connectivity index (χ3v) is 5.16. The zero-order valence-corrected chi connectivity index (χ0v) is 16.5. The lowest BCUT2D eigenvalue weighted by Crippen LogP contribution is -2.37. The van der Waals surface area contributed by atoms with Gasteiger partial charge in [-0.15, -0.1) is 0 Å². The molecule has 29 heavy (non-hydrogen) atoms. The van der Waals surface area contributed by atoms with Crippen LogP contribution in [0.1, 0.15) is 11.1 Å². The number of thioether (sulfide) groups is 1. The number of hydrogen-bond donors (Lipinski definition) is 1. The van der Waals surface area contributed by atoms with Gasteiger partial charge in [-0.1, -0.05) is 30.3 Å². The Morgan fingerprint density at radius 1 is 1.17 bits per heavy atom. The van der Waals surface area contributed by atoms with Crippen molar-refractivity contribution in [1.29, 1.82) is 0 Å². The summed E-state index contributed by atoms with van der Waals surface area (Å²) in [6, 6.07) is 13.1. The number of methoxy groups -OCH3 is 1. The van der Waals surface area contributed by atoms with Gasteiger partial charge < -0.3 is 10.1 Å². The van der Waals surface area contributed by atoms with Crippen molar-refractivity contribution in [2.24, 2.45) is 0 Å². The van der Waals surface area contributed by atoms with Crippen LogP contribution in [0.15, 0.2) is 53.4 Å². The number of rotatable bonds is 7. The molecule has 0 aromatic heterocycles. The van der Waals surface area contributed by atoms with Crippen LogP contribution in [0, 0.1) is 5.82 Å². The third-order valence-electron chi connectivity index (χ3n) is 4.25. The highest BCUT2D eigenvalue weighted by Gasteiger charge is 2.34. The first-order valence-electron chi connectivity index (χ1n) is 8.87. The molecule has 1 aliphatic heterocycles. The molecule has 2 aromatic rings. The molecule has 6 nitrogen and oxygen atoms in total. The molecule has 0 saturated carbocycles. The van der Waals surface area contributed by atoms with E-state index in [4.69, 9.17) is 4.74 Å². The van der Waals surface area contributed by atoms with Gasteiger partial charge in [0.1, 0.15) is 11.6 Å². The Balaban J connectivity index is 1.54. The van der Waals surface area contributed by atoms with E-state index in [0.717, 1.165) is 22.2 Å². The lowest BCUT2D eigenvalue weighted by atomic mass is 10.1. The monoisotopic (exact) mass is 414 g/mol. The summed E-state index contributed by atoms with van der Waals surface area (Å²) in [6.45, 7) is 0.148. The van der Waals surface area contributed by atoms with Crippen LogP contribution < -0.4 is 10.1 Å². The summed E-state index contributed by atoms with van der Waals surface area (Å²) in [5, 5.41) is 2.22. The van der Waals surface area contributed by atoms with Gasteiger partial charge in [-0.05, 0) is 47.2 Å². The molecule has 1 N–H and O–H groups in total. The molecule has 1 fully saturated rings. The van der Waals surface area contributed by atoms with E-state index < -0.39 is 17.0 Å². The van der Waals surface area contributed by atoms with Crippen molar-refractivity contribution in [2.45, 2.75) is 6.42 Å². The van der Waals surface area contributed by atoms with E-state index in [0.29, 0.717) is 16.2 Å². The smallest absolute Gasteiger partial charge is 0.293 e. The first-order valence-corrected chi connectivity index (χ1v) is 9.69. The molecule has 0 spiro atoms. The lowest BCUT2D eigenvalue weighted by molar-refractivity contribution is -0.124. The van der Waals surface area contributed by atoms with Gasteiger partial charge in [0.15, 0.2) is 0 Å². The molecular weight excluding hydrogens is 395 g/mol. The molecule has 0 radical (unpaired) electrons. The largest absolute Gasteiger partial charge is 0.497 e. The number of benzene rings is 2. The van der Waals surface area contributed by atoms with Crippen LogP contribution in [0.5, 0.6) is 5.75 Å². The molecule has 3 amide bonds. The Bertz CT molecular complexity index is 959. The highest BCUT2D eigenvalue weighted by atomic mass is 32.2. The predicted molar refractivity (Wildman–Crippen MR) is 109 cm³/mol. The molecule has 1 heterocycles. The minimum absolute atomic E-state index is 0.0492. The predicted octanol–water partition coefficient (Wildman–Crippen LogP) is 3.23. The van der Waals surface area contributed by atoms with Crippen LogP contribution in [-0.4, -0.2) is 42.2 Å². The van der Waals surface area contributed by atoms with E-state index in [9.17, 15) is 18.8 Å². The van der Waals surface area contributed by atoms with Crippen molar-refractivity contribution in [1.82, 2.24) is 10.2 Å². The molecule has 8 heteroatoms. The molecule has 3 rings (SSSR count). The van der Waals surface area contributed by atoms with Crippen LogP contribution in [0.25, 0.3) is 6.08 Å². The van der Waals surface area contributed by atoms with Crippen molar-refractivity contribution in [3.05, 3.63) is 70.4 Å². The van der Waals surface area contributed by atoms with E-state index in [1.54, 1.807) is 49.6 Å². The maximum atomic E-state index is 13.6. The fraction of sp³-hybridized carbons (Fsp3) is 0.190. The number of hydrogen-bond acceptors (Lipinski definition) is 5. The van der Waals surface area contributed by atoms with E-state index in [1.165, 1.54) is 12.1 Å². The Kier molecular flexibility index (Phi) is 6.66. The van der Waals surface area contributed by atoms with Gasteiger partial charge in [-0.2, -0.15) is 0 Å². The molecular formula is C21H19FN2O4S. The average Bonchev–Trinajstić information content (AvgIpc) is 2.97. The van der Waals surface area contributed by atoms with Gasteiger partial charge in [0.2, 0.25) is 5.91 Å². The van der Waals surface area contributed by atoms with E-state index >= 15 is 0 Å². The summed E-state index contributed by atoms with van der Waals surface area (Å²) in [4.78, 5) is 38.0. The fourth-order valence-corrected chi connectivity index (χ4v) is 3.59. The minimum atomic E-state index is -0.447. The second kappa shape index (κ2) is 9.38. The number of carbonyl (C=O) groups excluding carboxylic acids is 3. The van der Waals surface area contributed by atoms with Crippen LogP contribution >= 0.6 is 11.8 Å². The molecule has 1 saturated heterocycles. The van der Waals surface area contributed by atoms with Crippen molar-refractivity contribution >= 4 is 34.9 Å². The summed E-state index contributed by atoms with van der Waals surface area (Å²) >= 11 is 0.855. The van der Waals surface area contributed by atoms with Gasteiger partial charge in [0, 0.05) is 13.1 Å². The van der Waals surface area contributed by atoms with Crippen LogP contribution in [0.4, 0.5) is 9.18 Å². The highest BCUT2D eigenvalue weighted by molar-refractivity contribution is 8.18. The second-order valence-electron chi connectivity index (χ2n) is 6.22. The highest BCUT2D eigenvalue weighted by Crippen LogP contribution is 2.32. The second-order valence-corrected chi connectivity index (χ2v) is 7.22. The Labute approximate surface area is 171 Å². The maximum Gasteiger partial charge on any atom is 0.293 e. The number of imide groups is 1. The molecule has 2 aromatic carbocycles. The molecule has 0 bridgehead atoms. The van der Waals surface area contributed by atoms with Crippen molar-refractivity contribution in [3.63, 3.8) is 0 Å². The molecule has 0 unspecified atom stereocenters. The maximum absolute atomic E-state index is 13.6. The van der Waals surface area contributed by atoms with Gasteiger partial charge >= 0.3 is 0 Å². The molecule has 0 atom stereocenters. The van der Waals surface area contributed by atoms with Crippen molar-refractivity contribution in [2.75, 3.05) is 20.2 Å². The summed E-state index contributed by atoms with van der Waals surface area (Å²) < 4.78 is 18.7. The van der Waals surface area contributed by atoms with Crippen molar-refractivity contribution < 1.29 is 23.5 Å². The van der Waals surface area contributed by atoms with Gasteiger partial charge in [-0.25, -0.2) is 4.39 Å². The zero-order valence-electron chi connectivity index (χ0n) is 15.7. The SMILES string of the molecule is COc1ccc(/C=C2\SC(=O)N(CCNC(=O)Cc3ccccc3F)C2=O)cc1. The lowest BCUT2D eigenvalue weighted by Gasteiger charge is -2.13. The standard InChI is InChI=1S/C21H19FN2O4S/c1-28-16-8-6-14(7-9-16)12-18-20(26)24(21(27)29-18)11-10-23-19(25)13-15-4-2-3-5-17(15)22/h2-9,12H,10-11,13H2,1H3,(H,23,25)/b18-12-. The number of nitrogens with one attached hydrogen (secondary N) is 1. The molecule has 150 valence electrons. The number of amides is 3. The Hall–Kier alpha value is -3.13. The topological polar surface area (TPSA) is 75.7 Å². The molecule has 0 aliphatic carbocycles. The number of nitrogens with zero attached hydrogens (tertiary/aromatic N) is 1. The normalized spacial score (nSPS) is 15.1. The van der Waals surface area contributed by atoms with Crippen molar-refractivity contribution in [3.8, 4) is 5.75 Å². The summed E-state index contributed by atoms with van der Waals surface area (Å²) in [6.07, 6.45) is 1.53. The van der Waals surface area contributed by atoms with Gasteiger partial charge in [0.25, 0.3) is 11.1 Å². The Morgan fingerprint density at radius 2 is 1.90 bits per heavy atom. The van der Waals surface area contributed by atoms with Crippen LogP contribution in [0.3, 0.4) is 0 Å². The first kappa shape index (κ1) is 20.6. The number of carbonyl (C=O) groups is 3. The van der Waals surface area contributed by atoms with E-state index in [-0.39, 0.29) is 25.4 Å². The quantitative estimate of drug-likeness (QED) is 0.704. The summed E-state index contributed by atoms with van der Waals surface area (Å²) in [5.74, 6) is -0.534. The zero-order chi connectivity index (χ0) is 20.8.